The van der Waals surface area contributed by atoms with Crippen molar-refractivity contribution in [3.8, 4) is 11.4 Å². The highest BCUT2D eigenvalue weighted by Gasteiger charge is 2.24. The van der Waals surface area contributed by atoms with Crippen LogP contribution in [0.4, 0.5) is 5.82 Å². The lowest BCUT2D eigenvalue weighted by atomic mass is 9.96. The molecule has 1 atom stereocenters. The van der Waals surface area contributed by atoms with Crippen molar-refractivity contribution in [2.45, 2.75) is 39.2 Å². The van der Waals surface area contributed by atoms with Gasteiger partial charge in [-0.05, 0) is 56.8 Å². The van der Waals surface area contributed by atoms with Crippen molar-refractivity contribution >= 4 is 11.7 Å². The Balaban J connectivity index is 1.36. The molecular formula is C20H28N6O2. The first-order valence-corrected chi connectivity index (χ1v) is 10.1. The zero-order chi connectivity index (χ0) is 19.5. The lowest BCUT2D eigenvalue weighted by Gasteiger charge is -2.31. The highest BCUT2D eigenvalue weighted by atomic mass is 16.5. The van der Waals surface area contributed by atoms with Gasteiger partial charge in [0.15, 0.2) is 0 Å². The quantitative estimate of drug-likeness (QED) is 0.842. The number of pyridine rings is 1. The SMILES string of the molecule is C[C@@H]1CCCN(c2ccc(-c3noc(CN4CCC(C(N)=O)CC4)n3)cn2)C1. The zero-order valence-electron chi connectivity index (χ0n) is 16.4. The number of hydrogen-bond acceptors (Lipinski definition) is 7. The summed E-state index contributed by atoms with van der Waals surface area (Å²) in [6, 6.07) is 4.05. The van der Waals surface area contributed by atoms with Crippen LogP contribution in [0.5, 0.6) is 0 Å². The van der Waals surface area contributed by atoms with E-state index in [4.69, 9.17) is 10.3 Å². The molecule has 4 heterocycles. The van der Waals surface area contributed by atoms with Gasteiger partial charge in [-0.3, -0.25) is 9.69 Å². The Bertz CT molecular complexity index is 797. The van der Waals surface area contributed by atoms with E-state index in [2.05, 4.69) is 31.8 Å². The van der Waals surface area contributed by atoms with Crippen molar-refractivity contribution < 1.29 is 9.32 Å². The zero-order valence-corrected chi connectivity index (χ0v) is 16.4. The highest BCUT2D eigenvalue weighted by molar-refractivity contribution is 5.76. The smallest absolute Gasteiger partial charge is 0.241 e. The molecule has 1 amide bonds. The van der Waals surface area contributed by atoms with Crippen molar-refractivity contribution in [1.29, 1.82) is 0 Å². The first-order valence-electron chi connectivity index (χ1n) is 10.1. The molecule has 0 bridgehead atoms. The van der Waals surface area contributed by atoms with E-state index in [0.717, 1.165) is 50.4 Å². The minimum atomic E-state index is -0.199. The van der Waals surface area contributed by atoms with Gasteiger partial charge in [0.2, 0.25) is 17.6 Å². The second-order valence-electron chi connectivity index (χ2n) is 8.06. The number of primary amides is 1. The van der Waals surface area contributed by atoms with Gasteiger partial charge in [-0.15, -0.1) is 0 Å². The summed E-state index contributed by atoms with van der Waals surface area (Å²) < 4.78 is 5.42. The van der Waals surface area contributed by atoms with Gasteiger partial charge in [-0.1, -0.05) is 12.1 Å². The fraction of sp³-hybridized carbons (Fsp3) is 0.600. The topological polar surface area (TPSA) is 101 Å². The fourth-order valence-electron chi connectivity index (χ4n) is 4.11. The number of anilines is 1. The Labute approximate surface area is 165 Å². The standard InChI is InChI=1S/C20H28N6O2/c1-14-3-2-8-26(12-14)17-5-4-16(11-22-17)20-23-18(28-24-20)13-25-9-6-15(7-10-25)19(21)27/h4-5,11,14-15H,2-3,6-10,12-13H2,1H3,(H2,21,27)/t14-/m1/s1. The van der Waals surface area contributed by atoms with E-state index in [1.807, 2.05) is 18.3 Å². The van der Waals surface area contributed by atoms with Crippen LogP contribution in [0.3, 0.4) is 0 Å². The summed E-state index contributed by atoms with van der Waals surface area (Å²) in [4.78, 5) is 25.0. The molecule has 0 aliphatic carbocycles. The summed E-state index contributed by atoms with van der Waals surface area (Å²) in [5.41, 5.74) is 6.25. The molecule has 0 saturated carbocycles. The summed E-state index contributed by atoms with van der Waals surface area (Å²) >= 11 is 0. The summed E-state index contributed by atoms with van der Waals surface area (Å²) in [7, 11) is 0. The number of nitrogens with zero attached hydrogens (tertiary/aromatic N) is 5. The third-order valence-electron chi connectivity index (χ3n) is 5.80. The Morgan fingerprint density at radius 2 is 2.07 bits per heavy atom. The van der Waals surface area contributed by atoms with Crippen molar-refractivity contribution in [3.63, 3.8) is 0 Å². The monoisotopic (exact) mass is 384 g/mol. The molecule has 0 spiro atoms. The third-order valence-corrected chi connectivity index (χ3v) is 5.80. The Morgan fingerprint density at radius 1 is 1.25 bits per heavy atom. The molecule has 28 heavy (non-hydrogen) atoms. The average Bonchev–Trinajstić information content (AvgIpc) is 3.17. The maximum atomic E-state index is 11.3. The molecular weight excluding hydrogens is 356 g/mol. The maximum absolute atomic E-state index is 11.3. The number of amides is 1. The van der Waals surface area contributed by atoms with E-state index in [1.165, 1.54) is 12.8 Å². The van der Waals surface area contributed by atoms with E-state index >= 15 is 0 Å². The molecule has 2 aliphatic rings. The third kappa shape index (κ3) is 4.32. The van der Waals surface area contributed by atoms with E-state index in [1.54, 1.807) is 0 Å². The summed E-state index contributed by atoms with van der Waals surface area (Å²) in [6.07, 6.45) is 5.91. The van der Waals surface area contributed by atoms with Crippen LogP contribution >= 0.6 is 0 Å². The molecule has 150 valence electrons. The van der Waals surface area contributed by atoms with Crippen LogP contribution < -0.4 is 10.6 Å². The molecule has 2 fully saturated rings. The van der Waals surface area contributed by atoms with Crippen LogP contribution in [0.2, 0.25) is 0 Å². The minimum Gasteiger partial charge on any atom is -0.369 e. The first kappa shape index (κ1) is 18.9. The molecule has 0 radical (unpaired) electrons. The van der Waals surface area contributed by atoms with Gasteiger partial charge in [0.05, 0.1) is 6.54 Å². The predicted octanol–water partition coefficient (Wildman–Crippen LogP) is 2.07. The Kier molecular flexibility index (Phi) is 5.57. The van der Waals surface area contributed by atoms with Crippen molar-refractivity contribution in [2.75, 3.05) is 31.1 Å². The number of hydrogen-bond donors (Lipinski definition) is 1. The van der Waals surface area contributed by atoms with Crippen molar-refractivity contribution in [1.82, 2.24) is 20.0 Å². The van der Waals surface area contributed by atoms with Gasteiger partial charge in [-0.2, -0.15) is 4.98 Å². The minimum absolute atomic E-state index is 0.0121. The molecule has 2 aliphatic heterocycles. The van der Waals surface area contributed by atoms with Gasteiger partial charge in [0, 0.05) is 30.8 Å². The van der Waals surface area contributed by atoms with Crippen LogP contribution in [0.15, 0.2) is 22.9 Å². The van der Waals surface area contributed by atoms with E-state index in [9.17, 15) is 4.79 Å². The molecule has 2 saturated heterocycles. The normalized spacial score (nSPS) is 21.8. The summed E-state index contributed by atoms with van der Waals surface area (Å²) in [6.45, 7) is 6.64. The molecule has 2 aromatic rings. The van der Waals surface area contributed by atoms with Gasteiger partial charge in [-0.25, -0.2) is 4.98 Å². The van der Waals surface area contributed by atoms with E-state index in [-0.39, 0.29) is 11.8 Å². The summed E-state index contributed by atoms with van der Waals surface area (Å²) in [5, 5.41) is 4.11. The molecule has 4 rings (SSSR count). The van der Waals surface area contributed by atoms with Crippen LogP contribution in [0.1, 0.15) is 38.5 Å². The number of carbonyl (C=O) groups excluding carboxylic acids is 1. The van der Waals surface area contributed by atoms with Crippen LogP contribution in [-0.2, 0) is 11.3 Å². The number of nitrogens with two attached hydrogens (primary N) is 1. The highest BCUT2D eigenvalue weighted by Crippen LogP contribution is 2.24. The lowest BCUT2D eigenvalue weighted by molar-refractivity contribution is -0.123. The van der Waals surface area contributed by atoms with Gasteiger partial charge < -0.3 is 15.2 Å². The van der Waals surface area contributed by atoms with Crippen molar-refractivity contribution in [3.05, 3.63) is 24.2 Å². The fourth-order valence-corrected chi connectivity index (χ4v) is 4.11. The maximum Gasteiger partial charge on any atom is 0.241 e. The van der Waals surface area contributed by atoms with Crippen LogP contribution in [-0.4, -0.2) is 52.1 Å². The number of carbonyl (C=O) groups is 1. The predicted molar refractivity (Wildman–Crippen MR) is 105 cm³/mol. The number of rotatable bonds is 5. The molecule has 0 unspecified atom stereocenters. The Hall–Kier alpha value is -2.48. The molecule has 2 N–H and O–H groups in total. The van der Waals surface area contributed by atoms with Crippen LogP contribution in [0, 0.1) is 11.8 Å². The second kappa shape index (κ2) is 8.26. The van der Waals surface area contributed by atoms with Gasteiger partial charge in [0.1, 0.15) is 5.82 Å². The van der Waals surface area contributed by atoms with Gasteiger partial charge in [0.25, 0.3) is 0 Å². The molecule has 8 heteroatoms. The van der Waals surface area contributed by atoms with Crippen LogP contribution in [0.25, 0.3) is 11.4 Å². The molecule has 8 nitrogen and oxygen atoms in total. The number of piperidine rings is 2. The van der Waals surface area contributed by atoms with Crippen molar-refractivity contribution in [2.24, 2.45) is 17.6 Å². The number of likely N-dealkylation sites (tertiary alicyclic amines) is 1. The number of aromatic nitrogens is 3. The largest absolute Gasteiger partial charge is 0.369 e. The Morgan fingerprint density at radius 3 is 2.75 bits per heavy atom. The average molecular weight is 384 g/mol. The van der Waals surface area contributed by atoms with E-state index in [0.29, 0.717) is 24.2 Å². The second-order valence-corrected chi connectivity index (χ2v) is 8.06. The first-order chi connectivity index (χ1) is 13.6. The van der Waals surface area contributed by atoms with E-state index < -0.39 is 0 Å². The molecule has 0 aromatic carbocycles. The molecule has 2 aromatic heterocycles. The summed E-state index contributed by atoms with van der Waals surface area (Å²) in [5.74, 6) is 2.66. The lowest BCUT2D eigenvalue weighted by Crippen LogP contribution is -2.38. The van der Waals surface area contributed by atoms with Gasteiger partial charge >= 0.3 is 0 Å².